The van der Waals surface area contributed by atoms with Crippen LogP contribution in [0.5, 0.6) is 0 Å². The Kier molecular flexibility index (Phi) is 3.43. The van der Waals surface area contributed by atoms with E-state index < -0.39 is 6.43 Å². The van der Waals surface area contributed by atoms with Gasteiger partial charge in [-0.2, -0.15) is 5.10 Å². The van der Waals surface area contributed by atoms with Crippen LogP contribution < -0.4 is 5.56 Å². The molecule has 0 saturated heterocycles. The van der Waals surface area contributed by atoms with E-state index in [1.54, 1.807) is 24.3 Å². The van der Waals surface area contributed by atoms with Crippen LogP contribution in [0, 0.1) is 0 Å². The van der Waals surface area contributed by atoms with Crippen molar-refractivity contribution in [1.29, 1.82) is 0 Å². The normalized spacial score (nSPS) is 11.2. The number of rotatable bonds is 2. The van der Waals surface area contributed by atoms with Gasteiger partial charge in [-0.1, -0.05) is 23.7 Å². The number of nitrogens with one attached hydrogen (secondary N) is 1. The van der Waals surface area contributed by atoms with Gasteiger partial charge in [0, 0.05) is 16.0 Å². The second-order valence-corrected chi connectivity index (χ2v) is 4.95. The molecule has 21 heavy (non-hydrogen) atoms. The fourth-order valence-electron chi connectivity index (χ4n) is 2.17. The van der Waals surface area contributed by atoms with Gasteiger partial charge in [0.05, 0.1) is 11.6 Å². The van der Waals surface area contributed by atoms with Crippen LogP contribution in [0.3, 0.4) is 0 Å². The van der Waals surface area contributed by atoms with Crippen molar-refractivity contribution in [3.05, 3.63) is 63.5 Å². The summed E-state index contributed by atoms with van der Waals surface area (Å²) in [5.74, 6) is 0. The zero-order chi connectivity index (χ0) is 15.0. The van der Waals surface area contributed by atoms with Gasteiger partial charge in [0.1, 0.15) is 0 Å². The number of fused-ring (bicyclic) bond motifs is 1. The SMILES string of the molecule is O=c1[nH]ncc2cc(-c3ccc(Cl)c(C(F)F)c3)ccc12. The maximum atomic E-state index is 12.9. The largest absolute Gasteiger partial charge is 0.272 e. The molecule has 1 heterocycles. The molecule has 3 aromatic rings. The summed E-state index contributed by atoms with van der Waals surface area (Å²) in [6.45, 7) is 0. The van der Waals surface area contributed by atoms with E-state index >= 15 is 0 Å². The third kappa shape index (κ3) is 2.52. The quantitative estimate of drug-likeness (QED) is 0.772. The lowest BCUT2D eigenvalue weighted by atomic mass is 10.0. The molecule has 0 aliphatic carbocycles. The molecule has 106 valence electrons. The molecular formula is C15H9ClF2N2O. The second kappa shape index (κ2) is 5.26. The molecule has 0 unspecified atom stereocenters. The number of H-pyrrole nitrogens is 1. The molecule has 2 aromatic carbocycles. The number of aromatic nitrogens is 2. The molecule has 0 radical (unpaired) electrons. The predicted octanol–water partition coefficient (Wildman–Crippen LogP) is 4.18. The summed E-state index contributed by atoms with van der Waals surface area (Å²) in [5.41, 5.74) is 0.826. The molecule has 1 N–H and O–H groups in total. The molecule has 1 aromatic heterocycles. The lowest BCUT2D eigenvalue weighted by molar-refractivity contribution is 0.151. The maximum Gasteiger partial charge on any atom is 0.272 e. The molecule has 3 nitrogen and oxygen atoms in total. The highest BCUT2D eigenvalue weighted by Gasteiger charge is 2.13. The zero-order valence-corrected chi connectivity index (χ0v) is 11.4. The monoisotopic (exact) mass is 306 g/mol. The number of alkyl halides is 2. The van der Waals surface area contributed by atoms with Gasteiger partial charge in [0.15, 0.2) is 0 Å². The summed E-state index contributed by atoms with van der Waals surface area (Å²) in [7, 11) is 0. The number of nitrogens with zero attached hydrogens (tertiary/aromatic N) is 1. The minimum atomic E-state index is -2.64. The van der Waals surface area contributed by atoms with Gasteiger partial charge in [-0.25, -0.2) is 13.9 Å². The van der Waals surface area contributed by atoms with Crippen LogP contribution in [0.25, 0.3) is 21.9 Å². The van der Waals surface area contributed by atoms with E-state index in [1.807, 2.05) is 0 Å². The van der Waals surface area contributed by atoms with Crippen molar-refractivity contribution in [2.45, 2.75) is 6.43 Å². The second-order valence-electron chi connectivity index (χ2n) is 4.54. The molecule has 0 aliphatic rings. The van der Waals surface area contributed by atoms with Crippen molar-refractivity contribution in [1.82, 2.24) is 10.2 Å². The van der Waals surface area contributed by atoms with Gasteiger partial charge in [0.2, 0.25) is 0 Å². The van der Waals surface area contributed by atoms with Crippen molar-refractivity contribution in [3.8, 4) is 11.1 Å². The fourth-order valence-corrected chi connectivity index (χ4v) is 2.37. The topological polar surface area (TPSA) is 45.8 Å². The van der Waals surface area contributed by atoms with E-state index in [9.17, 15) is 13.6 Å². The van der Waals surface area contributed by atoms with Crippen LogP contribution in [-0.4, -0.2) is 10.2 Å². The summed E-state index contributed by atoms with van der Waals surface area (Å²) in [5, 5.41) is 7.25. The highest BCUT2D eigenvalue weighted by atomic mass is 35.5. The molecular weight excluding hydrogens is 298 g/mol. The Morgan fingerprint density at radius 2 is 1.81 bits per heavy atom. The number of hydrogen-bond donors (Lipinski definition) is 1. The number of hydrogen-bond acceptors (Lipinski definition) is 2. The highest BCUT2D eigenvalue weighted by Crippen LogP contribution is 2.32. The minimum absolute atomic E-state index is 0.0349. The Morgan fingerprint density at radius 1 is 1.10 bits per heavy atom. The molecule has 0 spiro atoms. The van der Waals surface area contributed by atoms with Crippen molar-refractivity contribution < 1.29 is 8.78 Å². The van der Waals surface area contributed by atoms with Crippen LogP contribution in [0.4, 0.5) is 8.78 Å². The summed E-state index contributed by atoms with van der Waals surface area (Å²) < 4.78 is 25.8. The van der Waals surface area contributed by atoms with Gasteiger partial charge >= 0.3 is 0 Å². The smallest absolute Gasteiger partial charge is 0.267 e. The fraction of sp³-hybridized carbons (Fsp3) is 0.0667. The average Bonchev–Trinajstić information content (AvgIpc) is 2.47. The Morgan fingerprint density at radius 3 is 2.57 bits per heavy atom. The Hall–Kier alpha value is -2.27. The van der Waals surface area contributed by atoms with Gasteiger partial charge in [0.25, 0.3) is 12.0 Å². The van der Waals surface area contributed by atoms with E-state index in [1.165, 1.54) is 18.3 Å². The summed E-state index contributed by atoms with van der Waals surface area (Å²) in [6, 6.07) is 9.54. The molecule has 0 atom stereocenters. The first-order valence-electron chi connectivity index (χ1n) is 6.11. The van der Waals surface area contributed by atoms with E-state index in [0.29, 0.717) is 21.9 Å². The van der Waals surface area contributed by atoms with E-state index in [2.05, 4.69) is 10.2 Å². The van der Waals surface area contributed by atoms with Crippen LogP contribution in [0.1, 0.15) is 12.0 Å². The lowest BCUT2D eigenvalue weighted by Crippen LogP contribution is -2.06. The summed E-state index contributed by atoms with van der Waals surface area (Å²) in [4.78, 5) is 11.6. The summed E-state index contributed by atoms with van der Waals surface area (Å²) >= 11 is 5.76. The minimum Gasteiger partial charge on any atom is -0.267 e. The number of halogens is 3. The molecule has 0 saturated carbocycles. The van der Waals surface area contributed by atoms with Gasteiger partial charge in [-0.05, 0) is 35.4 Å². The maximum absolute atomic E-state index is 12.9. The van der Waals surface area contributed by atoms with E-state index in [-0.39, 0.29) is 16.1 Å². The van der Waals surface area contributed by atoms with Crippen LogP contribution in [-0.2, 0) is 0 Å². The third-order valence-electron chi connectivity index (χ3n) is 3.23. The first kappa shape index (κ1) is 13.7. The van der Waals surface area contributed by atoms with E-state index in [0.717, 1.165) is 0 Å². The summed E-state index contributed by atoms with van der Waals surface area (Å²) in [6.07, 6.45) is -1.12. The van der Waals surface area contributed by atoms with Crippen molar-refractivity contribution in [2.75, 3.05) is 0 Å². The van der Waals surface area contributed by atoms with Gasteiger partial charge < -0.3 is 0 Å². The molecule has 0 amide bonds. The molecule has 0 bridgehead atoms. The lowest BCUT2D eigenvalue weighted by Gasteiger charge is -2.08. The van der Waals surface area contributed by atoms with Crippen molar-refractivity contribution >= 4 is 22.4 Å². The third-order valence-corrected chi connectivity index (χ3v) is 3.57. The standard InChI is InChI=1S/C15H9ClF2N2O/c16-13-4-2-9(6-12(13)14(17)18)8-1-3-11-10(5-8)7-19-20-15(11)21/h1-7,14H,(H,20,21). The zero-order valence-electron chi connectivity index (χ0n) is 10.6. The Balaban J connectivity index is 2.17. The van der Waals surface area contributed by atoms with Crippen molar-refractivity contribution in [2.24, 2.45) is 0 Å². The number of benzene rings is 2. The average molecular weight is 307 g/mol. The van der Waals surface area contributed by atoms with Crippen molar-refractivity contribution in [3.63, 3.8) is 0 Å². The first-order chi connectivity index (χ1) is 10.1. The number of aromatic amines is 1. The van der Waals surface area contributed by atoms with E-state index in [4.69, 9.17) is 11.6 Å². The molecule has 3 rings (SSSR count). The van der Waals surface area contributed by atoms with Crippen LogP contribution in [0.15, 0.2) is 47.4 Å². The van der Waals surface area contributed by atoms with Crippen LogP contribution in [0.2, 0.25) is 5.02 Å². The van der Waals surface area contributed by atoms with Gasteiger partial charge in [-0.3, -0.25) is 4.79 Å². The molecule has 6 heteroatoms. The highest BCUT2D eigenvalue weighted by molar-refractivity contribution is 6.31. The molecule has 0 aliphatic heterocycles. The predicted molar refractivity (Wildman–Crippen MR) is 77.8 cm³/mol. The first-order valence-corrected chi connectivity index (χ1v) is 6.49. The van der Waals surface area contributed by atoms with Gasteiger partial charge in [-0.15, -0.1) is 0 Å². The Bertz CT molecular complexity index is 877. The van der Waals surface area contributed by atoms with Crippen LogP contribution >= 0.6 is 11.6 Å². The Labute approximate surface area is 123 Å². The molecule has 0 fully saturated rings.